The minimum Gasteiger partial charge on any atom is -0.330 e. The molecule has 0 aliphatic heterocycles. The number of hydrogen-bond donors (Lipinski definition) is 1. The second-order valence-electron chi connectivity index (χ2n) is 4.61. The van der Waals surface area contributed by atoms with E-state index < -0.39 is 0 Å². The Bertz CT molecular complexity index is 526. The molecule has 0 fully saturated rings. The Hall–Kier alpha value is -0.710. The van der Waals surface area contributed by atoms with Crippen LogP contribution in [0.1, 0.15) is 11.3 Å². The van der Waals surface area contributed by atoms with Gasteiger partial charge in [0.05, 0.1) is 0 Å². The first-order valence-corrected chi connectivity index (χ1v) is 7.81. The molecule has 0 saturated carbocycles. The SMILES string of the molecule is NCC(Cc1cccc(Br)c1)Cc1ccc(Br)cn1. The smallest absolute Gasteiger partial charge is 0.0413 e. The van der Waals surface area contributed by atoms with Gasteiger partial charge in [-0.1, -0.05) is 28.1 Å². The molecule has 0 aliphatic carbocycles. The summed E-state index contributed by atoms with van der Waals surface area (Å²) >= 11 is 6.90. The Balaban J connectivity index is 2.02. The third-order valence-corrected chi connectivity index (χ3v) is 4.00. The molecule has 2 rings (SSSR count). The van der Waals surface area contributed by atoms with E-state index in [0.29, 0.717) is 12.5 Å². The van der Waals surface area contributed by atoms with Crippen molar-refractivity contribution in [3.63, 3.8) is 0 Å². The van der Waals surface area contributed by atoms with Crippen LogP contribution in [-0.2, 0) is 12.8 Å². The zero-order valence-electron chi connectivity index (χ0n) is 10.5. The maximum atomic E-state index is 5.89. The summed E-state index contributed by atoms with van der Waals surface area (Å²) in [7, 11) is 0. The first kappa shape index (κ1) is 14.7. The molecule has 2 nitrogen and oxygen atoms in total. The van der Waals surface area contributed by atoms with Crippen LogP contribution < -0.4 is 5.73 Å². The predicted octanol–water partition coefficient (Wildman–Crippen LogP) is 3.97. The second kappa shape index (κ2) is 7.17. The van der Waals surface area contributed by atoms with Gasteiger partial charge in [0.1, 0.15) is 0 Å². The molecule has 0 saturated heterocycles. The van der Waals surface area contributed by atoms with Crippen molar-refractivity contribution < 1.29 is 0 Å². The minimum atomic E-state index is 0.419. The van der Waals surface area contributed by atoms with Gasteiger partial charge in [0, 0.05) is 20.8 Å². The fraction of sp³-hybridized carbons (Fsp3) is 0.267. The Morgan fingerprint density at radius 2 is 1.89 bits per heavy atom. The van der Waals surface area contributed by atoms with Crippen LogP contribution in [-0.4, -0.2) is 11.5 Å². The number of pyridine rings is 1. The van der Waals surface area contributed by atoms with E-state index in [1.807, 2.05) is 24.4 Å². The van der Waals surface area contributed by atoms with Crippen molar-refractivity contribution in [1.82, 2.24) is 4.98 Å². The van der Waals surface area contributed by atoms with Crippen molar-refractivity contribution in [3.8, 4) is 0 Å². The molecule has 0 radical (unpaired) electrons. The van der Waals surface area contributed by atoms with Crippen LogP contribution in [0.25, 0.3) is 0 Å². The molecule has 0 bridgehead atoms. The molecule has 2 N–H and O–H groups in total. The lowest BCUT2D eigenvalue weighted by molar-refractivity contribution is 0.526. The number of hydrogen-bond acceptors (Lipinski definition) is 2. The van der Waals surface area contributed by atoms with Gasteiger partial charge in [-0.05, 0) is 71.1 Å². The standard InChI is InChI=1S/C15H16Br2N2/c16-13-3-1-2-11(7-13)6-12(9-18)8-15-5-4-14(17)10-19-15/h1-5,7,10,12H,6,8-9,18H2. The van der Waals surface area contributed by atoms with Crippen molar-refractivity contribution >= 4 is 31.9 Å². The number of nitrogens with two attached hydrogens (primary N) is 1. The van der Waals surface area contributed by atoms with E-state index in [1.54, 1.807) is 0 Å². The van der Waals surface area contributed by atoms with Crippen molar-refractivity contribution in [2.75, 3.05) is 6.54 Å². The zero-order chi connectivity index (χ0) is 13.7. The highest BCUT2D eigenvalue weighted by Gasteiger charge is 2.10. The zero-order valence-corrected chi connectivity index (χ0v) is 13.7. The first-order chi connectivity index (χ1) is 9.17. The Morgan fingerprint density at radius 3 is 2.53 bits per heavy atom. The molecule has 4 heteroatoms. The summed E-state index contributed by atoms with van der Waals surface area (Å²) in [5, 5.41) is 0. The molecule has 1 heterocycles. The van der Waals surface area contributed by atoms with Gasteiger partial charge in [0.15, 0.2) is 0 Å². The number of halogens is 2. The van der Waals surface area contributed by atoms with E-state index in [0.717, 1.165) is 27.5 Å². The molecule has 19 heavy (non-hydrogen) atoms. The fourth-order valence-corrected chi connectivity index (χ4v) is 2.74. The fourth-order valence-electron chi connectivity index (χ4n) is 2.06. The third kappa shape index (κ3) is 4.71. The van der Waals surface area contributed by atoms with Crippen molar-refractivity contribution in [2.45, 2.75) is 12.8 Å². The van der Waals surface area contributed by atoms with Crippen LogP contribution in [0.3, 0.4) is 0 Å². The lowest BCUT2D eigenvalue weighted by atomic mass is 9.95. The monoisotopic (exact) mass is 382 g/mol. The van der Waals surface area contributed by atoms with Gasteiger partial charge < -0.3 is 5.73 Å². The number of benzene rings is 1. The maximum absolute atomic E-state index is 5.89. The van der Waals surface area contributed by atoms with Gasteiger partial charge in [-0.25, -0.2) is 0 Å². The predicted molar refractivity (Wildman–Crippen MR) is 86.0 cm³/mol. The van der Waals surface area contributed by atoms with E-state index in [1.165, 1.54) is 5.56 Å². The maximum Gasteiger partial charge on any atom is 0.0413 e. The van der Waals surface area contributed by atoms with E-state index >= 15 is 0 Å². The molecule has 0 spiro atoms. The highest BCUT2D eigenvalue weighted by atomic mass is 79.9. The number of rotatable bonds is 5. The molecular formula is C15H16Br2N2. The van der Waals surface area contributed by atoms with Crippen LogP contribution in [0, 0.1) is 5.92 Å². The van der Waals surface area contributed by atoms with Gasteiger partial charge >= 0.3 is 0 Å². The quantitative estimate of drug-likeness (QED) is 0.848. The minimum absolute atomic E-state index is 0.419. The van der Waals surface area contributed by atoms with Crippen molar-refractivity contribution in [3.05, 3.63) is 62.8 Å². The van der Waals surface area contributed by atoms with Gasteiger partial charge in [-0.3, -0.25) is 4.98 Å². The van der Waals surface area contributed by atoms with E-state index in [-0.39, 0.29) is 0 Å². The van der Waals surface area contributed by atoms with Gasteiger partial charge in [-0.15, -0.1) is 0 Å². The van der Waals surface area contributed by atoms with E-state index in [4.69, 9.17) is 5.73 Å². The summed E-state index contributed by atoms with van der Waals surface area (Å²) in [5.41, 5.74) is 8.29. The van der Waals surface area contributed by atoms with Crippen LogP contribution in [0.4, 0.5) is 0 Å². The largest absolute Gasteiger partial charge is 0.330 e. The van der Waals surface area contributed by atoms with Crippen LogP contribution in [0.2, 0.25) is 0 Å². The number of nitrogens with zero attached hydrogens (tertiary/aromatic N) is 1. The molecule has 1 atom stereocenters. The highest BCUT2D eigenvalue weighted by Crippen LogP contribution is 2.17. The van der Waals surface area contributed by atoms with Crippen LogP contribution in [0.5, 0.6) is 0 Å². The third-order valence-electron chi connectivity index (χ3n) is 3.03. The molecular weight excluding hydrogens is 368 g/mol. The number of aromatic nitrogens is 1. The normalized spacial score (nSPS) is 12.4. The van der Waals surface area contributed by atoms with Crippen LogP contribution in [0.15, 0.2) is 51.5 Å². The molecule has 2 aromatic rings. The Morgan fingerprint density at radius 1 is 1.05 bits per heavy atom. The highest BCUT2D eigenvalue weighted by molar-refractivity contribution is 9.10. The van der Waals surface area contributed by atoms with Crippen LogP contribution >= 0.6 is 31.9 Å². The average Bonchev–Trinajstić information content (AvgIpc) is 2.40. The van der Waals surface area contributed by atoms with Gasteiger partial charge in [-0.2, -0.15) is 0 Å². The lowest BCUT2D eigenvalue weighted by Gasteiger charge is -2.14. The summed E-state index contributed by atoms with van der Waals surface area (Å²) in [5.74, 6) is 0.419. The molecule has 1 unspecified atom stereocenters. The van der Waals surface area contributed by atoms with E-state index in [2.05, 4.69) is 55.0 Å². The second-order valence-corrected chi connectivity index (χ2v) is 6.44. The lowest BCUT2D eigenvalue weighted by Crippen LogP contribution is -2.19. The summed E-state index contributed by atoms with van der Waals surface area (Å²) in [6, 6.07) is 12.5. The molecule has 100 valence electrons. The summed E-state index contributed by atoms with van der Waals surface area (Å²) in [4.78, 5) is 4.41. The summed E-state index contributed by atoms with van der Waals surface area (Å²) in [6.07, 6.45) is 3.73. The van der Waals surface area contributed by atoms with Crippen molar-refractivity contribution in [1.29, 1.82) is 0 Å². The van der Waals surface area contributed by atoms with E-state index in [9.17, 15) is 0 Å². The summed E-state index contributed by atoms with van der Waals surface area (Å²) in [6.45, 7) is 0.671. The molecule has 0 aliphatic rings. The topological polar surface area (TPSA) is 38.9 Å². The van der Waals surface area contributed by atoms with Gasteiger partial charge in [0.25, 0.3) is 0 Å². The molecule has 1 aromatic heterocycles. The average molecular weight is 384 g/mol. The Labute approximate surface area is 130 Å². The molecule has 0 amide bonds. The van der Waals surface area contributed by atoms with Gasteiger partial charge in [0.2, 0.25) is 0 Å². The van der Waals surface area contributed by atoms with Crippen molar-refractivity contribution in [2.24, 2.45) is 11.7 Å². The Kier molecular flexibility index (Phi) is 5.55. The summed E-state index contributed by atoms with van der Waals surface area (Å²) < 4.78 is 2.12. The molecule has 1 aromatic carbocycles. The first-order valence-electron chi connectivity index (χ1n) is 6.22.